The van der Waals surface area contributed by atoms with E-state index in [0.717, 1.165) is 18.6 Å². The maximum atomic E-state index is 11.5. The Balaban J connectivity index is 2.21. The minimum absolute atomic E-state index is 0.196. The highest BCUT2D eigenvalue weighted by Gasteiger charge is 2.09. The third-order valence-corrected chi connectivity index (χ3v) is 3.79. The number of ether oxygens (including phenoxy) is 1. The van der Waals surface area contributed by atoms with Crippen LogP contribution in [0, 0.1) is 0 Å². The molecule has 0 amide bonds. The lowest BCUT2D eigenvalue weighted by molar-refractivity contribution is 0.125. The van der Waals surface area contributed by atoms with E-state index in [-0.39, 0.29) is 6.61 Å². The summed E-state index contributed by atoms with van der Waals surface area (Å²) in [6.07, 6.45) is 1.31. The molecule has 2 atom stereocenters. The second-order valence-corrected chi connectivity index (χ2v) is 5.56. The molecule has 3 nitrogen and oxygen atoms in total. The van der Waals surface area contributed by atoms with Gasteiger partial charge in [0.05, 0.1) is 11.9 Å². The van der Waals surface area contributed by atoms with Gasteiger partial charge in [-0.25, -0.2) is 0 Å². The lowest BCUT2D eigenvalue weighted by Gasteiger charge is -2.11. The number of aliphatic hydroxyl groups is 1. The Morgan fingerprint density at radius 3 is 2.71 bits per heavy atom. The van der Waals surface area contributed by atoms with Crippen molar-refractivity contribution in [2.24, 2.45) is 0 Å². The molecule has 0 aliphatic heterocycles. The van der Waals surface area contributed by atoms with Crippen LogP contribution >= 0.6 is 0 Å². The van der Waals surface area contributed by atoms with Gasteiger partial charge in [-0.05, 0) is 18.6 Å². The quantitative estimate of drug-likeness (QED) is 0.773. The van der Waals surface area contributed by atoms with Crippen molar-refractivity contribution >= 4 is 10.8 Å². The van der Waals surface area contributed by atoms with Gasteiger partial charge in [0.25, 0.3) is 0 Å². The monoisotopic (exact) mass is 256 g/mol. The highest BCUT2D eigenvalue weighted by molar-refractivity contribution is 7.85. The van der Waals surface area contributed by atoms with Gasteiger partial charge in [-0.1, -0.05) is 31.5 Å². The van der Waals surface area contributed by atoms with Gasteiger partial charge in [0.1, 0.15) is 12.4 Å². The Hall–Kier alpha value is -0.870. The molecule has 0 saturated heterocycles. The molecule has 0 unspecified atom stereocenters. The zero-order valence-corrected chi connectivity index (χ0v) is 11.0. The van der Waals surface area contributed by atoms with Crippen molar-refractivity contribution in [3.8, 4) is 5.75 Å². The normalized spacial score (nSPS) is 14.2. The summed E-state index contributed by atoms with van der Waals surface area (Å²) in [5.74, 6) is 1.69. The number of hydrogen-bond acceptors (Lipinski definition) is 3. The molecule has 1 aromatic carbocycles. The van der Waals surface area contributed by atoms with Crippen LogP contribution in [-0.4, -0.2) is 33.5 Å². The second-order valence-electron chi connectivity index (χ2n) is 3.94. The van der Waals surface area contributed by atoms with Crippen molar-refractivity contribution in [1.29, 1.82) is 0 Å². The fourth-order valence-corrected chi connectivity index (χ4v) is 2.66. The largest absolute Gasteiger partial charge is 0.491 e. The Bertz CT molecular complexity index is 327. The first kappa shape index (κ1) is 14.2. The van der Waals surface area contributed by atoms with E-state index in [1.165, 1.54) is 0 Å². The zero-order valence-electron chi connectivity index (χ0n) is 10.2. The molecule has 0 saturated carbocycles. The highest BCUT2D eigenvalue weighted by Crippen LogP contribution is 2.08. The first-order valence-corrected chi connectivity index (χ1v) is 7.42. The predicted molar refractivity (Wildman–Crippen MR) is 70.7 cm³/mol. The zero-order chi connectivity index (χ0) is 12.5. The Morgan fingerprint density at radius 1 is 1.35 bits per heavy atom. The molecular formula is C13H20O3S. The predicted octanol–water partition coefficient (Wildman–Crippen LogP) is 1.98. The summed E-state index contributed by atoms with van der Waals surface area (Å²) in [6, 6.07) is 9.33. The van der Waals surface area contributed by atoms with Crippen molar-refractivity contribution in [2.75, 3.05) is 18.1 Å². The average molecular weight is 256 g/mol. The van der Waals surface area contributed by atoms with E-state index in [9.17, 15) is 9.32 Å². The van der Waals surface area contributed by atoms with E-state index < -0.39 is 16.9 Å². The van der Waals surface area contributed by atoms with Gasteiger partial charge >= 0.3 is 0 Å². The molecule has 0 radical (unpaired) electrons. The molecule has 1 aromatic rings. The number of rotatable bonds is 8. The van der Waals surface area contributed by atoms with E-state index in [0.29, 0.717) is 11.5 Å². The van der Waals surface area contributed by atoms with Crippen molar-refractivity contribution in [3.05, 3.63) is 30.3 Å². The third-order valence-electron chi connectivity index (χ3n) is 2.29. The van der Waals surface area contributed by atoms with Gasteiger partial charge in [-0.2, -0.15) is 0 Å². The Kier molecular flexibility index (Phi) is 6.89. The van der Waals surface area contributed by atoms with Crippen LogP contribution in [0.5, 0.6) is 5.75 Å². The summed E-state index contributed by atoms with van der Waals surface area (Å²) < 4.78 is 16.9. The van der Waals surface area contributed by atoms with Crippen LogP contribution < -0.4 is 4.74 Å². The molecule has 0 aliphatic carbocycles. The molecule has 0 spiro atoms. The summed E-state index contributed by atoms with van der Waals surface area (Å²) >= 11 is 0. The van der Waals surface area contributed by atoms with E-state index in [1.54, 1.807) is 0 Å². The lowest BCUT2D eigenvalue weighted by atomic mass is 10.3. The smallest absolute Gasteiger partial charge is 0.119 e. The summed E-state index contributed by atoms with van der Waals surface area (Å²) in [5.41, 5.74) is 0. The molecule has 0 aliphatic rings. The van der Waals surface area contributed by atoms with E-state index >= 15 is 0 Å². The number of unbranched alkanes of at least 4 members (excludes halogenated alkanes) is 1. The van der Waals surface area contributed by atoms with Gasteiger partial charge in [0.2, 0.25) is 0 Å². The van der Waals surface area contributed by atoms with Gasteiger partial charge in [-0.15, -0.1) is 0 Å². The van der Waals surface area contributed by atoms with Crippen LogP contribution in [0.1, 0.15) is 19.8 Å². The Labute approximate surface area is 105 Å². The van der Waals surface area contributed by atoms with Crippen molar-refractivity contribution in [3.63, 3.8) is 0 Å². The third kappa shape index (κ3) is 6.44. The minimum atomic E-state index is -0.938. The van der Waals surface area contributed by atoms with Gasteiger partial charge < -0.3 is 9.84 Å². The molecule has 0 fully saturated rings. The topological polar surface area (TPSA) is 46.5 Å². The maximum absolute atomic E-state index is 11.5. The van der Waals surface area contributed by atoms with Crippen molar-refractivity contribution in [2.45, 2.75) is 25.9 Å². The molecule has 1 rings (SSSR count). The molecule has 0 heterocycles. The molecule has 0 bridgehead atoms. The maximum Gasteiger partial charge on any atom is 0.119 e. The van der Waals surface area contributed by atoms with Crippen molar-refractivity contribution in [1.82, 2.24) is 0 Å². The van der Waals surface area contributed by atoms with Crippen molar-refractivity contribution < 1.29 is 14.1 Å². The lowest BCUT2D eigenvalue weighted by Crippen LogP contribution is -2.25. The number of aliphatic hydroxyl groups excluding tert-OH is 1. The first-order valence-electron chi connectivity index (χ1n) is 5.93. The summed E-state index contributed by atoms with van der Waals surface area (Å²) in [7, 11) is -0.938. The fourth-order valence-electron chi connectivity index (χ4n) is 1.36. The van der Waals surface area contributed by atoms with Crippen LogP contribution in [0.4, 0.5) is 0 Å². The molecule has 96 valence electrons. The van der Waals surface area contributed by atoms with Gasteiger partial charge in [0, 0.05) is 16.6 Å². The van der Waals surface area contributed by atoms with Crippen LogP contribution in [0.3, 0.4) is 0 Å². The van der Waals surface area contributed by atoms with Crippen LogP contribution in [0.15, 0.2) is 30.3 Å². The van der Waals surface area contributed by atoms with E-state index in [1.807, 2.05) is 30.3 Å². The highest BCUT2D eigenvalue weighted by atomic mass is 32.2. The molecule has 17 heavy (non-hydrogen) atoms. The molecule has 0 aromatic heterocycles. The number of benzene rings is 1. The van der Waals surface area contributed by atoms with E-state index in [2.05, 4.69) is 6.92 Å². The standard InChI is InChI=1S/C13H20O3S/c1-2-3-9-17(15)11-12(14)10-16-13-7-5-4-6-8-13/h4-8,12,14H,2-3,9-11H2,1H3/t12-,17+/m0/s1. The first-order chi connectivity index (χ1) is 8.22. The molecular weight excluding hydrogens is 236 g/mol. The number of hydrogen-bond donors (Lipinski definition) is 1. The summed E-state index contributed by atoms with van der Waals surface area (Å²) in [4.78, 5) is 0. The fraction of sp³-hybridized carbons (Fsp3) is 0.538. The SMILES string of the molecule is CCCC[S@@](=O)C[C@@H](O)COc1ccccc1. The van der Waals surface area contributed by atoms with E-state index in [4.69, 9.17) is 4.74 Å². The molecule has 1 N–H and O–H groups in total. The minimum Gasteiger partial charge on any atom is -0.491 e. The average Bonchev–Trinajstić information content (AvgIpc) is 2.35. The van der Waals surface area contributed by atoms with Gasteiger partial charge in [0.15, 0.2) is 0 Å². The van der Waals surface area contributed by atoms with Crippen LogP contribution in [0.25, 0.3) is 0 Å². The van der Waals surface area contributed by atoms with Crippen LogP contribution in [-0.2, 0) is 10.8 Å². The second kappa shape index (κ2) is 8.25. The molecule has 4 heteroatoms. The van der Waals surface area contributed by atoms with Crippen LogP contribution in [0.2, 0.25) is 0 Å². The van der Waals surface area contributed by atoms with Gasteiger partial charge in [-0.3, -0.25) is 4.21 Å². The summed E-state index contributed by atoms with van der Waals surface area (Å²) in [6.45, 7) is 2.26. The Morgan fingerprint density at radius 2 is 2.06 bits per heavy atom. The number of para-hydroxylation sites is 1. The summed E-state index contributed by atoms with van der Waals surface area (Å²) in [5, 5.41) is 9.66.